The van der Waals surface area contributed by atoms with E-state index in [-0.39, 0.29) is 0 Å². The lowest BCUT2D eigenvalue weighted by Crippen LogP contribution is -2.40. The van der Waals surface area contributed by atoms with Crippen LogP contribution in [-0.4, -0.2) is 63.4 Å². The predicted octanol–water partition coefficient (Wildman–Crippen LogP) is 2.64. The van der Waals surface area contributed by atoms with Crippen LogP contribution in [-0.2, 0) is 11.3 Å². The molecule has 1 aliphatic heterocycles. The molecule has 2 N–H and O–H groups in total. The van der Waals surface area contributed by atoms with E-state index in [1.165, 1.54) is 0 Å². The summed E-state index contributed by atoms with van der Waals surface area (Å²) < 4.78 is 11.2. The molecule has 27 heavy (non-hydrogen) atoms. The average Bonchev–Trinajstić information content (AvgIpc) is 2.70. The number of nitrogens with zero attached hydrogens (tertiary/aromatic N) is 2. The average molecular weight is 377 g/mol. The number of rotatable bonds is 11. The van der Waals surface area contributed by atoms with E-state index in [9.17, 15) is 0 Å². The molecule has 0 radical (unpaired) electrons. The second-order valence-electron chi connectivity index (χ2n) is 6.78. The summed E-state index contributed by atoms with van der Waals surface area (Å²) in [7, 11) is 0. The summed E-state index contributed by atoms with van der Waals surface area (Å²) in [5.74, 6) is 1.80. The van der Waals surface area contributed by atoms with Gasteiger partial charge in [-0.3, -0.25) is 4.90 Å². The number of ether oxygens (including phenoxy) is 2. The highest BCUT2D eigenvalue weighted by Crippen LogP contribution is 2.14. The first-order valence-corrected chi connectivity index (χ1v) is 10.4. The molecule has 6 nitrogen and oxygen atoms in total. The van der Waals surface area contributed by atoms with Crippen LogP contribution in [0.4, 0.5) is 0 Å². The Morgan fingerprint density at radius 2 is 2.04 bits per heavy atom. The van der Waals surface area contributed by atoms with Gasteiger partial charge in [0.15, 0.2) is 5.96 Å². The van der Waals surface area contributed by atoms with Crippen LogP contribution >= 0.6 is 0 Å². The molecule has 1 aromatic carbocycles. The third-order valence-electron chi connectivity index (χ3n) is 4.48. The topological polar surface area (TPSA) is 58.1 Å². The molecule has 0 spiro atoms. The molecule has 0 aromatic heterocycles. The Morgan fingerprint density at radius 1 is 1.19 bits per heavy atom. The predicted molar refractivity (Wildman–Crippen MR) is 112 cm³/mol. The Balaban J connectivity index is 1.75. The van der Waals surface area contributed by atoms with E-state index in [0.717, 1.165) is 89.1 Å². The number of hydrogen-bond acceptors (Lipinski definition) is 4. The van der Waals surface area contributed by atoms with Crippen LogP contribution in [0.25, 0.3) is 0 Å². The molecule has 0 atom stereocenters. The number of hydrogen-bond donors (Lipinski definition) is 2. The number of unbranched alkanes of at least 4 members (excludes halogenated alkanes) is 1. The van der Waals surface area contributed by atoms with E-state index >= 15 is 0 Å². The lowest BCUT2D eigenvalue weighted by Gasteiger charge is -2.26. The summed E-state index contributed by atoms with van der Waals surface area (Å²) in [6.45, 7) is 12.4. The summed E-state index contributed by atoms with van der Waals surface area (Å²) in [6, 6.07) is 8.23. The fraction of sp³-hybridized carbons (Fsp3) is 0.667. The number of nitrogens with one attached hydrogen (secondary N) is 2. The van der Waals surface area contributed by atoms with Crippen LogP contribution in [0.15, 0.2) is 29.3 Å². The fourth-order valence-electron chi connectivity index (χ4n) is 2.91. The normalized spacial score (nSPS) is 15.6. The van der Waals surface area contributed by atoms with E-state index in [4.69, 9.17) is 14.5 Å². The molecule has 1 fully saturated rings. The number of guanidine groups is 1. The van der Waals surface area contributed by atoms with Crippen molar-refractivity contribution in [1.29, 1.82) is 0 Å². The van der Waals surface area contributed by atoms with Gasteiger partial charge in [0, 0.05) is 26.2 Å². The Hall–Kier alpha value is -1.79. The van der Waals surface area contributed by atoms with E-state index < -0.39 is 0 Å². The largest absolute Gasteiger partial charge is 0.494 e. The lowest BCUT2D eigenvalue weighted by atomic mass is 10.2. The highest BCUT2D eigenvalue weighted by atomic mass is 16.5. The van der Waals surface area contributed by atoms with E-state index in [1.54, 1.807) is 0 Å². The first-order chi connectivity index (χ1) is 13.3. The Morgan fingerprint density at radius 3 is 2.81 bits per heavy atom. The zero-order chi connectivity index (χ0) is 19.2. The molecule has 1 aromatic rings. The van der Waals surface area contributed by atoms with Crippen molar-refractivity contribution in [3.05, 3.63) is 29.8 Å². The van der Waals surface area contributed by atoms with Crippen molar-refractivity contribution < 1.29 is 9.47 Å². The molecule has 0 bridgehead atoms. The minimum atomic E-state index is 0.643. The van der Waals surface area contributed by atoms with Gasteiger partial charge in [-0.25, -0.2) is 4.99 Å². The highest BCUT2D eigenvalue weighted by Gasteiger charge is 2.09. The summed E-state index contributed by atoms with van der Waals surface area (Å²) in [5.41, 5.74) is 1.16. The third kappa shape index (κ3) is 9.11. The Kier molecular flexibility index (Phi) is 10.7. The number of morpholine rings is 1. The van der Waals surface area contributed by atoms with Crippen molar-refractivity contribution in [1.82, 2.24) is 15.5 Å². The molecule has 1 aliphatic rings. The molecule has 0 amide bonds. The molecule has 0 saturated carbocycles. The van der Waals surface area contributed by atoms with Gasteiger partial charge in [-0.2, -0.15) is 0 Å². The van der Waals surface area contributed by atoms with Crippen LogP contribution in [0.2, 0.25) is 0 Å². The van der Waals surface area contributed by atoms with Crippen molar-refractivity contribution in [2.75, 3.05) is 52.5 Å². The quantitative estimate of drug-likeness (QED) is 0.353. The summed E-state index contributed by atoms with van der Waals surface area (Å²) in [4.78, 5) is 7.17. The van der Waals surface area contributed by atoms with Gasteiger partial charge < -0.3 is 20.1 Å². The number of aliphatic imine (C=N–C) groups is 1. The maximum Gasteiger partial charge on any atom is 0.191 e. The van der Waals surface area contributed by atoms with Crippen LogP contribution in [0.1, 0.15) is 38.7 Å². The summed E-state index contributed by atoms with van der Waals surface area (Å²) in [5, 5.41) is 6.76. The van der Waals surface area contributed by atoms with Gasteiger partial charge in [0.05, 0.1) is 26.4 Å². The van der Waals surface area contributed by atoms with Crippen molar-refractivity contribution in [2.24, 2.45) is 4.99 Å². The van der Waals surface area contributed by atoms with Crippen LogP contribution in [0, 0.1) is 0 Å². The molecule has 6 heteroatoms. The molecular formula is C21H36N4O2. The van der Waals surface area contributed by atoms with Gasteiger partial charge in [-0.1, -0.05) is 25.5 Å². The molecule has 0 unspecified atom stereocenters. The standard InChI is InChI=1S/C21H36N4O2/c1-3-5-14-27-20-9-6-8-19(17-20)18-24-21(22-4-2)23-10-7-11-25-12-15-26-16-13-25/h6,8-9,17H,3-5,7,10-16,18H2,1-2H3,(H2,22,23,24). The Bertz CT molecular complexity index is 545. The van der Waals surface area contributed by atoms with E-state index in [2.05, 4.69) is 41.5 Å². The smallest absolute Gasteiger partial charge is 0.191 e. The lowest BCUT2D eigenvalue weighted by molar-refractivity contribution is 0.0376. The first-order valence-electron chi connectivity index (χ1n) is 10.4. The van der Waals surface area contributed by atoms with Gasteiger partial charge in [0.1, 0.15) is 5.75 Å². The summed E-state index contributed by atoms with van der Waals surface area (Å²) in [6.07, 6.45) is 3.33. The van der Waals surface area contributed by atoms with Crippen LogP contribution in [0.3, 0.4) is 0 Å². The maximum absolute atomic E-state index is 5.79. The van der Waals surface area contributed by atoms with Crippen molar-refractivity contribution in [3.8, 4) is 5.75 Å². The van der Waals surface area contributed by atoms with Crippen molar-refractivity contribution in [2.45, 2.75) is 39.7 Å². The Labute approximate surface area is 164 Å². The molecule has 0 aliphatic carbocycles. The summed E-state index contributed by atoms with van der Waals surface area (Å²) >= 11 is 0. The van der Waals surface area contributed by atoms with Crippen LogP contribution in [0.5, 0.6) is 5.75 Å². The molecule has 1 heterocycles. The van der Waals surface area contributed by atoms with Gasteiger partial charge >= 0.3 is 0 Å². The SMILES string of the molecule is CCCCOc1cccc(CN=C(NCC)NCCCN2CCOCC2)c1. The molecule has 2 rings (SSSR count). The zero-order valence-corrected chi connectivity index (χ0v) is 17.0. The van der Waals surface area contributed by atoms with Crippen molar-refractivity contribution in [3.63, 3.8) is 0 Å². The second-order valence-corrected chi connectivity index (χ2v) is 6.78. The highest BCUT2D eigenvalue weighted by molar-refractivity contribution is 5.79. The first kappa shape index (κ1) is 21.5. The van der Waals surface area contributed by atoms with Crippen LogP contribution < -0.4 is 15.4 Å². The zero-order valence-electron chi connectivity index (χ0n) is 17.0. The third-order valence-corrected chi connectivity index (χ3v) is 4.48. The molecule has 152 valence electrons. The monoisotopic (exact) mass is 376 g/mol. The fourth-order valence-corrected chi connectivity index (χ4v) is 2.91. The molecule has 1 saturated heterocycles. The van der Waals surface area contributed by atoms with Crippen molar-refractivity contribution >= 4 is 5.96 Å². The van der Waals surface area contributed by atoms with Gasteiger partial charge in [0.2, 0.25) is 0 Å². The van der Waals surface area contributed by atoms with E-state index in [1.807, 2.05) is 12.1 Å². The maximum atomic E-state index is 5.79. The molecular weight excluding hydrogens is 340 g/mol. The van der Waals surface area contributed by atoms with Gasteiger partial charge in [-0.05, 0) is 44.0 Å². The minimum Gasteiger partial charge on any atom is -0.494 e. The minimum absolute atomic E-state index is 0.643. The number of benzene rings is 1. The van der Waals surface area contributed by atoms with Gasteiger partial charge in [0.25, 0.3) is 0 Å². The van der Waals surface area contributed by atoms with Gasteiger partial charge in [-0.15, -0.1) is 0 Å². The van der Waals surface area contributed by atoms with E-state index in [0.29, 0.717) is 6.54 Å². The second kappa shape index (κ2) is 13.4.